The minimum Gasteiger partial charge on any atom is -0.208 e. The van der Waals surface area contributed by atoms with Crippen LogP contribution in [0.15, 0.2) is 188 Å². The van der Waals surface area contributed by atoms with Gasteiger partial charge in [-0.2, -0.15) is 0 Å². The Morgan fingerprint density at radius 2 is 0.690 bits per heavy atom. The van der Waals surface area contributed by atoms with Crippen molar-refractivity contribution in [1.29, 1.82) is 0 Å². The first-order valence-corrected chi connectivity index (χ1v) is 21.1. The molecule has 0 amide bonds. The zero-order valence-electron chi connectivity index (χ0n) is 31.1. The zero-order chi connectivity index (χ0) is 38.2. The molecule has 0 N–H and O–H groups in total. The normalized spacial score (nSPS) is 11.8. The van der Waals surface area contributed by atoms with Gasteiger partial charge in [0.05, 0.1) is 0 Å². The second kappa shape index (κ2) is 13.3. The van der Waals surface area contributed by atoms with Crippen molar-refractivity contribution in [3.05, 3.63) is 188 Å². The van der Waals surface area contributed by atoms with Gasteiger partial charge in [0.2, 0.25) is 0 Å². The number of thiophene rings is 2. The second-order valence-electron chi connectivity index (χ2n) is 14.7. The van der Waals surface area contributed by atoms with Gasteiger partial charge in [-0.1, -0.05) is 164 Å². The van der Waals surface area contributed by atoms with Crippen molar-refractivity contribution in [3.63, 3.8) is 0 Å². The number of fused-ring (bicyclic) bond motifs is 10. The SMILES string of the molecule is c1ccc(-c2ccc3c(c2)sc2c4ccccc4cc(-c4nc(-c5ccccc5)nc(-c5cc6ccccc6c6sc7cc(-c8ccccc8)ccc7c56)n4)c32)cc1. The Hall–Kier alpha value is -7.05. The number of nitrogens with zero attached hydrogens (tertiary/aromatic N) is 3. The van der Waals surface area contributed by atoms with E-state index in [2.05, 4.69) is 170 Å². The van der Waals surface area contributed by atoms with Crippen LogP contribution < -0.4 is 0 Å². The lowest BCUT2D eigenvalue weighted by atomic mass is 9.97. The lowest BCUT2D eigenvalue weighted by Gasteiger charge is -2.13. The van der Waals surface area contributed by atoms with E-state index in [0.29, 0.717) is 17.5 Å². The lowest BCUT2D eigenvalue weighted by Crippen LogP contribution is -2.01. The van der Waals surface area contributed by atoms with Gasteiger partial charge in [0.15, 0.2) is 17.5 Å². The van der Waals surface area contributed by atoms with Crippen LogP contribution in [0.4, 0.5) is 0 Å². The van der Waals surface area contributed by atoms with E-state index < -0.39 is 0 Å². The third-order valence-electron chi connectivity index (χ3n) is 11.3. The summed E-state index contributed by atoms with van der Waals surface area (Å²) in [5, 5.41) is 9.54. The minimum atomic E-state index is 0.653. The highest BCUT2D eigenvalue weighted by Gasteiger charge is 2.22. The van der Waals surface area contributed by atoms with E-state index in [-0.39, 0.29) is 0 Å². The number of hydrogen-bond donors (Lipinski definition) is 0. The summed E-state index contributed by atoms with van der Waals surface area (Å²) in [7, 11) is 0. The number of hydrogen-bond acceptors (Lipinski definition) is 5. The van der Waals surface area contributed by atoms with Crippen molar-refractivity contribution in [1.82, 2.24) is 15.0 Å². The van der Waals surface area contributed by atoms with Gasteiger partial charge in [0.1, 0.15) is 0 Å². The van der Waals surface area contributed by atoms with Crippen molar-refractivity contribution in [2.45, 2.75) is 0 Å². The molecule has 12 aromatic rings. The van der Waals surface area contributed by atoms with Crippen LogP contribution in [-0.4, -0.2) is 15.0 Å². The zero-order valence-corrected chi connectivity index (χ0v) is 32.7. The molecule has 0 fully saturated rings. The fourth-order valence-electron chi connectivity index (χ4n) is 8.53. The standard InChI is InChI=1S/C53H31N3S2/c1-4-14-32(15-5-1)35-24-26-41-45(30-35)57-49-39-22-12-10-20-37(39)28-43(47(41)49)52-54-51(34-18-8-3-9-19-34)55-53(56-52)44-29-38-21-11-13-23-40(38)50-48(44)42-27-25-36(31-46(42)58-50)33-16-6-2-7-17-33/h1-31H. The molecule has 3 heterocycles. The van der Waals surface area contributed by atoms with Crippen LogP contribution in [0.2, 0.25) is 0 Å². The summed E-state index contributed by atoms with van der Waals surface area (Å²) in [6, 6.07) is 67.2. The Balaban J connectivity index is 1.15. The third kappa shape index (κ3) is 5.36. The molecular weight excluding hydrogens is 743 g/mol. The molecule has 0 aliphatic rings. The van der Waals surface area contributed by atoms with Crippen LogP contribution in [-0.2, 0) is 0 Å². The van der Waals surface area contributed by atoms with Crippen LogP contribution in [0.3, 0.4) is 0 Å². The van der Waals surface area contributed by atoms with Crippen LogP contribution in [0.25, 0.3) is 118 Å². The van der Waals surface area contributed by atoms with E-state index in [0.717, 1.165) is 27.5 Å². The van der Waals surface area contributed by atoms with Gasteiger partial charge in [0.25, 0.3) is 0 Å². The molecule has 0 bridgehead atoms. The molecule has 9 aromatic carbocycles. The number of benzene rings is 9. The fourth-order valence-corrected chi connectivity index (χ4v) is 11.1. The van der Waals surface area contributed by atoms with Crippen LogP contribution in [0, 0.1) is 0 Å². The van der Waals surface area contributed by atoms with Crippen LogP contribution >= 0.6 is 22.7 Å². The molecular formula is C53H31N3S2. The molecule has 5 heteroatoms. The first-order valence-electron chi connectivity index (χ1n) is 19.4. The molecule has 0 atom stereocenters. The Morgan fingerprint density at radius 1 is 0.293 bits per heavy atom. The molecule has 0 saturated carbocycles. The molecule has 3 aromatic heterocycles. The van der Waals surface area contributed by atoms with Crippen LogP contribution in [0.1, 0.15) is 0 Å². The molecule has 58 heavy (non-hydrogen) atoms. The second-order valence-corrected chi connectivity index (χ2v) is 16.8. The fraction of sp³-hybridized carbons (Fsp3) is 0. The first kappa shape index (κ1) is 33.1. The maximum absolute atomic E-state index is 5.50. The average Bonchev–Trinajstić information content (AvgIpc) is 3.88. The highest BCUT2D eigenvalue weighted by molar-refractivity contribution is 7.27. The summed E-state index contributed by atoms with van der Waals surface area (Å²) in [6.45, 7) is 0. The highest BCUT2D eigenvalue weighted by Crippen LogP contribution is 2.47. The van der Waals surface area contributed by atoms with Gasteiger partial charge >= 0.3 is 0 Å². The van der Waals surface area contributed by atoms with Gasteiger partial charge < -0.3 is 0 Å². The summed E-state index contributed by atoms with van der Waals surface area (Å²) >= 11 is 3.69. The highest BCUT2D eigenvalue weighted by atomic mass is 32.1. The number of rotatable bonds is 5. The summed E-state index contributed by atoms with van der Waals surface area (Å²) in [5.41, 5.74) is 7.80. The topological polar surface area (TPSA) is 38.7 Å². The van der Waals surface area contributed by atoms with Crippen LogP contribution in [0.5, 0.6) is 0 Å². The smallest absolute Gasteiger partial charge is 0.164 e. The summed E-state index contributed by atoms with van der Waals surface area (Å²) in [5.74, 6) is 1.98. The Morgan fingerprint density at radius 3 is 1.16 bits per heavy atom. The molecule has 0 saturated heterocycles. The Bertz CT molecular complexity index is 3340. The average molecular weight is 774 g/mol. The predicted octanol–water partition coefficient (Wildman–Crippen LogP) is 15.2. The molecule has 3 nitrogen and oxygen atoms in total. The molecule has 270 valence electrons. The van der Waals surface area contributed by atoms with Crippen molar-refractivity contribution >= 4 is 84.6 Å². The van der Waals surface area contributed by atoms with Gasteiger partial charge in [0, 0.05) is 57.0 Å². The molecule has 0 spiro atoms. The molecule has 0 aliphatic heterocycles. The summed E-state index contributed by atoms with van der Waals surface area (Å²) < 4.78 is 4.95. The maximum atomic E-state index is 5.50. The quantitative estimate of drug-likeness (QED) is 0.175. The van der Waals surface area contributed by atoms with E-state index in [1.54, 1.807) is 0 Å². The van der Waals surface area contributed by atoms with Crippen molar-refractivity contribution in [2.24, 2.45) is 0 Å². The Kier molecular flexibility index (Phi) is 7.58. The van der Waals surface area contributed by atoms with Crippen molar-refractivity contribution in [3.8, 4) is 56.4 Å². The number of aromatic nitrogens is 3. The molecule has 0 unspecified atom stereocenters. The van der Waals surface area contributed by atoms with Crippen molar-refractivity contribution in [2.75, 3.05) is 0 Å². The van der Waals surface area contributed by atoms with E-state index in [1.165, 1.54) is 73.4 Å². The lowest BCUT2D eigenvalue weighted by molar-refractivity contribution is 1.08. The van der Waals surface area contributed by atoms with E-state index in [1.807, 2.05) is 40.9 Å². The van der Waals surface area contributed by atoms with E-state index in [9.17, 15) is 0 Å². The van der Waals surface area contributed by atoms with E-state index in [4.69, 9.17) is 15.0 Å². The van der Waals surface area contributed by atoms with Gasteiger partial charge in [-0.15, -0.1) is 22.7 Å². The maximum Gasteiger partial charge on any atom is 0.164 e. The molecule has 12 rings (SSSR count). The van der Waals surface area contributed by atoms with Gasteiger partial charge in [-0.3, -0.25) is 0 Å². The summed E-state index contributed by atoms with van der Waals surface area (Å²) in [4.78, 5) is 16.2. The Labute approximate surface area is 342 Å². The third-order valence-corrected chi connectivity index (χ3v) is 13.7. The molecule has 0 radical (unpaired) electrons. The minimum absolute atomic E-state index is 0.653. The predicted molar refractivity (Wildman–Crippen MR) is 248 cm³/mol. The monoisotopic (exact) mass is 773 g/mol. The van der Waals surface area contributed by atoms with Gasteiger partial charge in [-0.25, -0.2) is 15.0 Å². The summed E-state index contributed by atoms with van der Waals surface area (Å²) in [6.07, 6.45) is 0. The largest absolute Gasteiger partial charge is 0.208 e. The first-order chi connectivity index (χ1) is 28.7. The molecule has 0 aliphatic carbocycles. The van der Waals surface area contributed by atoms with E-state index >= 15 is 0 Å². The van der Waals surface area contributed by atoms with Gasteiger partial charge in [-0.05, 0) is 68.1 Å². The van der Waals surface area contributed by atoms with Crippen molar-refractivity contribution < 1.29 is 0 Å².